The summed E-state index contributed by atoms with van der Waals surface area (Å²) in [6, 6.07) is 19.3. The topological polar surface area (TPSA) is 73.6 Å². The van der Waals surface area contributed by atoms with Gasteiger partial charge in [0.15, 0.2) is 11.5 Å². The second kappa shape index (κ2) is 9.87. The number of aromatic nitrogens is 1. The Morgan fingerprint density at radius 1 is 1.00 bits per heavy atom. The van der Waals surface area contributed by atoms with E-state index < -0.39 is 0 Å². The second-order valence-electron chi connectivity index (χ2n) is 7.35. The van der Waals surface area contributed by atoms with Crippen molar-refractivity contribution in [1.29, 1.82) is 0 Å². The highest BCUT2D eigenvalue weighted by atomic mass is 16.5. The van der Waals surface area contributed by atoms with Gasteiger partial charge in [-0.15, -0.1) is 0 Å². The van der Waals surface area contributed by atoms with E-state index >= 15 is 0 Å². The van der Waals surface area contributed by atoms with E-state index in [1.165, 1.54) is 6.08 Å². The molecule has 0 aliphatic rings. The summed E-state index contributed by atoms with van der Waals surface area (Å²) in [5, 5.41) is 2.88. The zero-order valence-electron chi connectivity index (χ0n) is 18.7. The second-order valence-corrected chi connectivity index (χ2v) is 7.35. The first kappa shape index (κ1) is 21.9. The Kier molecular flexibility index (Phi) is 6.55. The van der Waals surface area contributed by atoms with Crippen LogP contribution in [0.1, 0.15) is 11.1 Å². The van der Waals surface area contributed by atoms with Crippen LogP contribution in [-0.2, 0) is 4.79 Å². The molecule has 0 fully saturated rings. The number of hydrogen-bond acceptors (Lipinski definition) is 5. The highest BCUT2D eigenvalue weighted by Gasteiger charge is 2.09. The maximum absolute atomic E-state index is 12.4. The number of rotatable bonds is 7. The van der Waals surface area contributed by atoms with Crippen LogP contribution in [0.5, 0.6) is 11.5 Å². The molecule has 0 spiro atoms. The molecule has 1 heterocycles. The molecule has 6 heteroatoms. The van der Waals surface area contributed by atoms with Gasteiger partial charge in [-0.1, -0.05) is 30.3 Å². The maximum atomic E-state index is 12.4. The van der Waals surface area contributed by atoms with Gasteiger partial charge in [0.05, 0.1) is 20.4 Å². The van der Waals surface area contributed by atoms with E-state index in [1.54, 1.807) is 38.8 Å². The molecule has 4 aromatic rings. The largest absolute Gasteiger partial charge is 0.493 e. The van der Waals surface area contributed by atoms with Gasteiger partial charge < -0.3 is 19.2 Å². The molecule has 0 unspecified atom stereocenters. The van der Waals surface area contributed by atoms with Gasteiger partial charge in [-0.25, -0.2) is 4.98 Å². The molecule has 6 nitrogen and oxygen atoms in total. The highest BCUT2D eigenvalue weighted by Crippen LogP contribution is 2.32. The third-order valence-corrected chi connectivity index (χ3v) is 5.23. The molecular formula is C27H24N2O4. The Labute approximate surface area is 192 Å². The van der Waals surface area contributed by atoms with Gasteiger partial charge in [0.2, 0.25) is 11.8 Å². The van der Waals surface area contributed by atoms with Crippen molar-refractivity contribution in [2.75, 3.05) is 19.5 Å². The summed E-state index contributed by atoms with van der Waals surface area (Å²) in [4.78, 5) is 16.7. The number of oxazole rings is 1. The number of carbonyl (C=O) groups excluding carboxylic acids is 1. The molecule has 1 aromatic heterocycles. The van der Waals surface area contributed by atoms with Crippen LogP contribution in [0.4, 0.5) is 5.69 Å². The van der Waals surface area contributed by atoms with Crippen LogP contribution in [0, 0.1) is 6.92 Å². The number of benzene rings is 3. The normalized spacial score (nSPS) is 10.9. The molecule has 0 aliphatic carbocycles. The van der Waals surface area contributed by atoms with Crippen LogP contribution in [0.3, 0.4) is 0 Å². The molecule has 1 N–H and O–H groups in total. The molecule has 0 aliphatic heterocycles. The Balaban J connectivity index is 1.48. The standard InChI is InChI=1S/C27H24N2O4/c1-18-7-8-21(27-28-15-16-33-27)17-23(18)19-9-12-22(13-10-19)29-25(30)14-11-20-5-4-6-24(31-2)26(20)32-3/h4-17H,1-3H3,(H,29,30)/b14-11+. The Hall–Kier alpha value is -4.32. The van der Waals surface area contributed by atoms with Crippen molar-refractivity contribution in [3.05, 3.63) is 90.3 Å². The number of para-hydroxylation sites is 1. The Morgan fingerprint density at radius 2 is 1.79 bits per heavy atom. The van der Waals surface area contributed by atoms with Crippen molar-refractivity contribution in [2.24, 2.45) is 0 Å². The average Bonchev–Trinajstić information content (AvgIpc) is 3.38. The van der Waals surface area contributed by atoms with Crippen LogP contribution in [-0.4, -0.2) is 25.1 Å². The number of methoxy groups -OCH3 is 2. The molecule has 3 aromatic carbocycles. The maximum Gasteiger partial charge on any atom is 0.248 e. The zero-order chi connectivity index (χ0) is 23.2. The first-order chi connectivity index (χ1) is 16.1. The third-order valence-electron chi connectivity index (χ3n) is 5.23. The monoisotopic (exact) mass is 440 g/mol. The first-order valence-electron chi connectivity index (χ1n) is 10.4. The number of aryl methyl sites for hydroxylation is 1. The first-order valence-corrected chi connectivity index (χ1v) is 10.4. The van der Waals surface area contributed by atoms with Gasteiger partial charge in [-0.05, 0) is 60.0 Å². The minimum Gasteiger partial charge on any atom is -0.493 e. The number of hydrogen-bond donors (Lipinski definition) is 1. The quantitative estimate of drug-likeness (QED) is 0.358. The van der Waals surface area contributed by atoms with Crippen molar-refractivity contribution in [3.63, 3.8) is 0 Å². The number of nitrogens with zero attached hydrogens (tertiary/aromatic N) is 1. The van der Waals surface area contributed by atoms with Crippen molar-refractivity contribution >= 4 is 17.7 Å². The number of nitrogens with one attached hydrogen (secondary N) is 1. The lowest BCUT2D eigenvalue weighted by atomic mass is 9.98. The summed E-state index contributed by atoms with van der Waals surface area (Å²) >= 11 is 0. The van der Waals surface area contributed by atoms with Crippen molar-refractivity contribution in [3.8, 4) is 34.1 Å². The van der Waals surface area contributed by atoms with Gasteiger partial charge in [0, 0.05) is 22.9 Å². The lowest BCUT2D eigenvalue weighted by Crippen LogP contribution is -2.07. The fraction of sp³-hybridized carbons (Fsp3) is 0.111. The van der Waals surface area contributed by atoms with Crippen molar-refractivity contribution in [1.82, 2.24) is 4.98 Å². The zero-order valence-corrected chi connectivity index (χ0v) is 18.7. The van der Waals surface area contributed by atoms with Gasteiger partial charge in [0.1, 0.15) is 6.26 Å². The van der Waals surface area contributed by atoms with E-state index in [0.717, 1.165) is 27.8 Å². The van der Waals surface area contributed by atoms with E-state index in [1.807, 2.05) is 48.5 Å². The molecule has 0 saturated heterocycles. The predicted octanol–water partition coefficient (Wildman–Crippen LogP) is 5.99. The molecule has 1 amide bonds. The molecule has 33 heavy (non-hydrogen) atoms. The van der Waals surface area contributed by atoms with E-state index in [0.29, 0.717) is 23.1 Å². The van der Waals surface area contributed by atoms with E-state index in [-0.39, 0.29) is 5.91 Å². The molecule has 166 valence electrons. The summed E-state index contributed by atoms with van der Waals surface area (Å²) in [6.45, 7) is 2.06. The number of anilines is 1. The number of amides is 1. The van der Waals surface area contributed by atoms with Crippen molar-refractivity contribution in [2.45, 2.75) is 6.92 Å². The minimum atomic E-state index is -0.241. The third kappa shape index (κ3) is 4.96. The van der Waals surface area contributed by atoms with Gasteiger partial charge in [-0.3, -0.25) is 4.79 Å². The molecule has 4 rings (SSSR count). The minimum absolute atomic E-state index is 0.241. The predicted molar refractivity (Wildman–Crippen MR) is 129 cm³/mol. The molecule has 0 radical (unpaired) electrons. The summed E-state index contributed by atoms with van der Waals surface area (Å²) in [7, 11) is 3.15. The molecule has 0 saturated carbocycles. The fourth-order valence-electron chi connectivity index (χ4n) is 3.56. The van der Waals surface area contributed by atoms with E-state index in [2.05, 4.69) is 23.3 Å². The van der Waals surface area contributed by atoms with E-state index in [4.69, 9.17) is 13.9 Å². The lowest BCUT2D eigenvalue weighted by Gasteiger charge is -2.10. The van der Waals surface area contributed by atoms with Crippen molar-refractivity contribution < 1.29 is 18.7 Å². The smallest absolute Gasteiger partial charge is 0.248 e. The number of carbonyl (C=O) groups is 1. The Bertz CT molecular complexity index is 1280. The lowest BCUT2D eigenvalue weighted by molar-refractivity contribution is -0.111. The summed E-state index contributed by atoms with van der Waals surface area (Å²) in [5.74, 6) is 1.53. The summed E-state index contributed by atoms with van der Waals surface area (Å²) < 4.78 is 16.1. The SMILES string of the molecule is COc1cccc(/C=C/C(=O)Nc2ccc(-c3cc(-c4ncco4)ccc3C)cc2)c1OC. The van der Waals surface area contributed by atoms with Gasteiger partial charge in [-0.2, -0.15) is 0 Å². The fourth-order valence-corrected chi connectivity index (χ4v) is 3.56. The van der Waals surface area contributed by atoms with Crippen LogP contribution < -0.4 is 14.8 Å². The number of ether oxygens (including phenoxy) is 2. The van der Waals surface area contributed by atoms with Crippen LogP contribution >= 0.6 is 0 Å². The molecule has 0 atom stereocenters. The summed E-state index contributed by atoms with van der Waals surface area (Å²) in [6.07, 6.45) is 6.36. The van der Waals surface area contributed by atoms with Crippen LogP contribution in [0.15, 0.2) is 83.6 Å². The van der Waals surface area contributed by atoms with E-state index in [9.17, 15) is 4.79 Å². The van der Waals surface area contributed by atoms with Crippen LogP contribution in [0.2, 0.25) is 0 Å². The molecular weight excluding hydrogens is 416 g/mol. The highest BCUT2D eigenvalue weighted by molar-refractivity contribution is 6.02. The molecule has 0 bridgehead atoms. The average molecular weight is 440 g/mol. The van der Waals surface area contributed by atoms with Gasteiger partial charge in [0.25, 0.3) is 0 Å². The van der Waals surface area contributed by atoms with Gasteiger partial charge >= 0.3 is 0 Å². The Morgan fingerprint density at radius 3 is 2.48 bits per heavy atom. The summed E-state index contributed by atoms with van der Waals surface area (Å²) in [5.41, 5.74) is 5.62. The van der Waals surface area contributed by atoms with Crippen LogP contribution in [0.25, 0.3) is 28.7 Å².